The van der Waals surface area contributed by atoms with E-state index in [4.69, 9.17) is 0 Å². The van der Waals surface area contributed by atoms with E-state index >= 15 is 0 Å². The second kappa shape index (κ2) is 5.08. The normalized spacial score (nSPS) is 10.6. The van der Waals surface area contributed by atoms with Gasteiger partial charge >= 0.3 is 0 Å². The number of para-hydroxylation sites is 1. The average Bonchev–Trinajstić information content (AvgIpc) is 2.93. The smallest absolute Gasteiger partial charge is 0.0931 e. The number of benzene rings is 2. The van der Waals surface area contributed by atoms with Gasteiger partial charge in [-0.25, -0.2) is 4.68 Å². The summed E-state index contributed by atoms with van der Waals surface area (Å²) in [5.74, 6) is 0. The molecule has 0 aliphatic rings. The fourth-order valence-electron chi connectivity index (χ4n) is 2.08. The Morgan fingerprint density at radius 3 is 2.16 bits per heavy atom. The van der Waals surface area contributed by atoms with E-state index in [1.165, 1.54) is 0 Å². The van der Waals surface area contributed by atoms with Crippen molar-refractivity contribution in [2.45, 2.75) is 6.61 Å². The monoisotopic (exact) mass is 250 g/mol. The molecule has 0 fully saturated rings. The molecule has 3 heteroatoms. The Balaban J connectivity index is 2.09. The van der Waals surface area contributed by atoms with E-state index in [2.05, 4.69) is 5.10 Å². The lowest BCUT2D eigenvalue weighted by atomic mass is 10.1. The maximum atomic E-state index is 9.48. The van der Waals surface area contributed by atoms with Crippen molar-refractivity contribution < 1.29 is 5.11 Å². The summed E-state index contributed by atoms with van der Waals surface area (Å²) in [6, 6.07) is 21.7. The molecule has 3 aromatic rings. The molecule has 3 nitrogen and oxygen atoms in total. The highest BCUT2D eigenvalue weighted by molar-refractivity contribution is 5.59. The summed E-state index contributed by atoms with van der Waals surface area (Å²) in [6.45, 7) is -0.0330. The number of rotatable bonds is 3. The maximum absolute atomic E-state index is 9.48. The fourth-order valence-corrected chi connectivity index (χ4v) is 2.08. The SMILES string of the molecule is OCc1cc(-c2ccccc2)nn1-c1ccccc1. The van der Waals surface area contributed by atoms with Crippen LogP contribution < -0.4 is 0 Å². The first kappa shape index (κ1) is 11.7. The molecule has 0 unspecified atom stereocenters. The van der Waals surface area contributed by atoms with Crippen molar-refractivity contribution in [1.82, 2.24) is 9.78 Å². The minimum atomic E-state index is -0.0330. The van der Waals surface area contributed by atoms with Crippen LogP contribution in [-0.4, -0.2) is 14.9 Å². The molecule has 3 rings (SSSR count). The Morgan fingerprint density at radius 1 is 0.895 bits per heavy atom. The summed E-state index contributed by atoms with van der Waals surface area (Å²) in [5.41, 5.74) is 3.65. The number of aliphatic hydroxyl groups is 1. The third-order valence-electron chi connectivity index (χ3n) is 3.02. The first-order valence-corrected chi connectivity index (χ1v) is 6.19. The van der Waals surface area contributed by atoms with Gasteiger partial charge in [-0.15, -0.1) is 0 Å². The molecule has 1 aromatic heterocycles. The zero-order valence-corrected chi connectivity index (χ0v) is 10.4. The van der Waals surface area contributed by atoms with Crippen LogP contribution >= 0.6 is 0 Å². The van der Waals surface area contributed by atoms with Crippen molar-refractivity contribution in [1.29, 1.82) is 0 Å². The van der Waals surface area contributed by atoms with Crippen molar-refractivity contribution in [2.24, 2.45) is 0 Å². The largest absolute Gasteiger partial charge is 0.390 e. The van der Waals surface area contributed by atoms with Crippen LogP contribution in [0.5, 0.6) is 0 Å². The first-order valence-electron chi connectivity index (χ1n) is 6.19. The van der Waals surface area contributed by atoms with E-state index in [0.29, 0.717) is 0 Å². The van der Waals surface area contributed by atoms with Crippen molar-refractivity contribution in [3.8, 4) is 16.9 Å². The Bertz CT molecular complexity index is 660. The molecular weight excluding hydrogens is 236 g/mol. The van der Waals surface area contributed by atoms with Gasteiger partial charge in [0, 0.05) is 5.56 Å². The highest BCUT2D eigenvalue weighted by atomic mass is 16.3. The van der Waals surface area contributed by atoms with Gasteiger partial charge in [-0.2, -0.15) is 5.10 Å². The minimum absolute atomic E-state index is 0.0330. The molecule has 1 heterocycles. The highest BCUT2D eigenvalue weighted by Crippen LogP contribution is 2.21. The van der Waals surface area contributed by atoms with E-state index in [1.54, 1.807) is 4.68 Å². The van der Waals surface area contributed by atoms with Crippen molar-refractivity contribution >= 4 is 0 Å². The molecule has 2 aromatic carbocycles. The Hall–Kier alpha value is -2.39. The molecule has 19 heavy (non-hydrogen) atoms. The predicted octanol–water partition coefficient (Wildman–Crippen LogP) is 3.03. The number of nitrogens with zero attached hydrogens (tertiary/aromatic N) is 2. The Morgan fingerprint density at radius 2 is 1.53 bits per heavy atom. The summed E-state index contributed by atoms with van der Waals surface area (Å²) in [6.07, 6.45) is 0. The van der Waals surface area contributed by atoms with Gasteiger partial charge in [0.2, 0.25) is 0 Å². The molecule has 0 saturated heterocycles. The molecule has 0 amide bonds. The first-order chi connectivity index (χ1) is 9.38. The van der Waals surface area contributed by atoms with Gasteiger partial charge in [0.15, 0.2) is 0 Å². The van der Waals surface area contributed by atoms with Gasteiger partial charge in [-0.05, 0) is 18.2 Å². The van der Waals surface area contributed by atoms with Gasteiger partial charge < -0.3 is 5.11 Å². The van der Waals surface area contributed by atoms with E-state index < -0.39 is 0 Å². The lowest BCUT2D eigenvalue weighted by Gasteiger charge is -2.04. The third kappa shape index (κ3) is 2.28. The second-order valence-electron chi connectivity index (χ2n) is 4.29. The van der Waals surface area contributed by atoms with Crippen LogP contribution in [-0.2, 0) is 6.61 Å². The molecular formula is C16H14N2O. The van der Waals surface area contributed by atoms with Gasteiger partial charge in [0.25, 0.3) is 0 Å². The zero-order valence-electron chi connectivity index (χ0n) is 10.4. The van der Waals surface area contributed by atoms with E-state index in [0.717, 1.165) is 22.6 Å². The summed E-state index contributed by atoms with van der Waals surface area (Å²) >= 11 is 0. The molecule has 0 radical (unpaired) electrons. The highest BCUT2D eigenvalue weighted by Gasteiger charge is 2.09. The number of hydrogen-bond donors (Lipinski definition) is 1. The number of aromatic nitrogens is 2. The second-order valence-corrected chi connectivity index (χ2v) is 4.29. The Kier molecular flexibility index (Phi) is 3.12. The van der Waals surface area contributed by atoms with Gasteiger partial charge in [0.05, 0.1) is 23.7 Å². The van der Waals surface area contributed by atoms with E-state index in [9.17, 15) is 5.11 Å². The van der Waals surface area contributed by atoms with Crippen molar-refractivity contribution in [3.63, 3.8) is 0 Å². The van der Waals surface area contributed by atoms with Crippen LogP contribution in [0, 0.1) is 0 Å². The van der Waals surface area contributed by atoms with Gasteiger partial charge in [-0.1, -0.05) is 48.5 Å². The molecule has 0 saturated carbocycles. The maximum Gasteiger partial charge on any atom is 0.0931 e. The molecule has 0 atom stereocenters. The van der Waals surface area contributed by atoms with Crippen LogP contribution in [0.25, 0.3) is 16.9 Å². The van der Waals surface area contributed by atoms with E-state index in [1.807, 2.05) is 66.7 Å². The molecule has 0 bridgehead atoms. The average molecular weight is 250 g/mol. The van der Waals surface area contributed by atoms with Crippen molar-refractivity contribution in [2.75, 3.05) is 0 Å². The summed E-state index contributed by atoms with van der Waals surface area (Å²) in [7, 11) is 0. The lowest BCUT2D eigenvalue weighted by molar-refractivity contribution is 0.273. The molecule has 0 spiro atoms. The summed E-state index contributed by atoms with van der Waals surface area (Å²) < 4.78 is 1.78. The standard InChI is InChI=1S/C16H14N2O/c19-12-15-11-16(13-7-3-1-4-8-13)17-18(15)14-9-5-2-6-10-14/h1-11,19H,12H2. The van der Waals surface area contributed by atoms with Crippen LogP contribution in [0.15, 0.2) is 66.7 Å². The van der Waals surface area contributed by atoms with Crippen LogP contribution in [0.3, 0.4) is 0 Å². The van der Waals surface area contributed by atoms with Gasteiger partial charge in [-0.3, -0.25) is 0 Å². The van der Waals surface area contributed by atoms with Crippen LogP contribution in [0.1, 0.15) is 5.69 Å². The number of hydrogen-bond acceptors (Lipinski definition) is 2. The summed E-state index contributed by atoms with van der Waals surface area (Å²) in [4.78, 5) is 0. The molecule has 94 valence electrons. The van der Waals surface area contributed by atoms with Crippen LogP contribution in [0.2, 0.25) is 0 Å². The Labute approximate surface area is 111 Å². The predicted molar refractivity (Wildman–Crippen MR) is 74.9 cm³/mol. The molecule has 1 N–H and O–H groups in total. The molecule has 0 aliphatic carbocycles. The topological polar surface area (TPSA) is 38.1 Å². The van der Waals surface area contributed by atoms with E-state index in [-0.39, 0.29) is 6.61 Å². The molecule has 0 aliphatic heterocycles. The minimum Gasteiger partial charge on any atom is -0.390 e. The van der Waals surface area contributed by atoms with Gasteiger partial charge in [0.1, 0.15) is 0 Å². The zero-order chi connectivity index (χ0) is 13.1. The fraction of sp³-hybridized carbons (Fsp3) is 0.0625. The summed E-state index contributed by atoms with van der Waals surface area (Å²) in [5, 5.41) is 14.1. The quantitative estimate of drug-likeness (QED) is 0.776. The van der Waals surface area contributed by atoms with Crippen LogP contribution in [0.4, 0.5) is 0 Å². The number of aliphatic hydroxyl groups excluding tert-OH is 1. The van der Waals surface area contributed by atoms with Crippen molar-refractivity contribution in [3.05, 3.63) is 72.4 Å². The lowest BCUT2D eigenvalue weighted by Crippen LogP contribution is -2.01. The third-order valence-corrected chi connectivity index (χ3v) is 3.02.